The van der Waals surface area contributed by atoms with E-state index in [0.717, 1.165) is 11.3 Å². The molecule has 0 spiro atoms. The van der Waals surface area contributed by atoms with Gasteiger partial charge in [-0.3, -0.25) is 4.79 Å². The topological polar surface area (TPSA) is 67.8 Å². The summed E-state index contributed by atoms with van der Waals surface area (Å²) < 4.78 is 25.4. The van der Waals surface area contributed by atoms with Crippen LogP contribution in [0.4, 0.5) is 4.39 Å². The zero-order valence-electron chi connectivity index (χ0n) is 16.7. The number of rotatable bonds is 12. The van der Waals surface area contributed by atoms with Gasteiger partial charge in [-0.15, -0.1) is 0 Å². The maximum absolute atomic E-state index is 14.0. The summed E-state index contributed by atoms with van der Waals surface area (Å²) in [4.78, 5) is 11.4. The number of carboxylic acid groups (broad SMARTS) is 1. The molecule has 0 saturated heterocycles. The molecule has 1 atom stereocenters. The van der Waals surface area contributed by atoms with Crippen molar-refractivity contribution in [3.8, 4) is 11.5 Å². The molecule has 0 aliphatic carbocycles. The Kier molecular flexibility index (Phi) is 10.0. The highest BCUT2D eigenvalue weighted by Gasteiger charge is 2.18. The summed E-state index contributed by atoms with van der Waals surface area (Å²) in [6.45, 7) is 2.37. The molecule has 2 aromatic carbocycles. The molecular weight excluding hydrogens is 452 g/mol. The van der Waals surface area contributed by atoms with Gasteiger partial charge >= 0.3 is 5.97 Å². The lowest BCUT2D eigenvalue weighted by molar-refractivity contribution is -0.139. The number of benzene rings is 2. The second kappa shape index (κ2) is 12.2. The van der Waals surface area contributed by atoms with Gasteiger partial charge in [-0.2, -0.15) is 11.8 Å². The average Bonchev–Trinajstić information content (AvgIpc) is 2.69. The first-order valence-electron chi connectivity index (χ1n) is 9.33. The first-order chi connectivity index (χ1) is 14.4. The van der Waals surface area contributed by atoms with Crippen LogP contribution in [0.1, 0.15) is 24.5 Å². The minimum atomic E-state index is -0.901. The third-order valence-electron chi connectivity index (χ3n) is 4.25. The van der Waals surface area contributed by atoms with E-state index < -0.39 is 17.8 Å². The van der Waals surface area contributed by atoms with E-state index in [1.807, 2.05) is 13.2 Å². The largest absolute Gasteiger partial charge is 0.490 e. The summed E-state index contributed by atoms with van der Waals surface area (Å²) in [6.07, 6.45) is 2.44. The van der Waals surface area contributed by atoms with Crippen molar-refractivity contribution in [2.24, 2.45) is 0 Å². The van der Waals surface area contributed by atoms with Crippen LogP contribution in [0.3, 0.4) is 0 Å². The molecule has 2 N–H and O–H groups in total. The van der Waals surface area contributed by atoms with Gasteiger partial charge in [-0.05, 0) is 55.2 Å². The highest BCUT2D eigenvalue weighted by atomic mass is 35.5. The lowest BCUT2D eigenvalue weighted by Gasteiger charge is -2.18. The Morgan fingerprint density at radius 1 is 1.27 bits per heavy atom. The van der Waals surface area contributed by atoms with Gasteiger partial charge in [0, 0.05) is 12.1 Å². The van der Waals surface area contributed by atoms with E-state index in [1.54, 1.807) is 30.0 Å². The number of halogens is 3. The molecule has 0 amide bonds. The molecule has 30 heavy (non-hydrogen) atoms. The molecule has 164 valence electrons. The highest BCUT2D eigenvalue weighted by Crippen LogP contribution is 2.38. The Morgan fingerprint density at radius 2 is 2.03 bits per heavy atom. The van der Waals surface area contributed by atoms with E-state index in [9.17, 15) is 14.3 Å². The lowest BCUT2D eigenvalue weighted by Crippen LogP contribution is -2.36. The molecule has 5 nitrogen and oxygen atoms in total. The Balaban J connectivity index is 2.17. The maximum Gasteiger partial charge on any atom is 0.320 e. The van der Waals surface area contributed by atoms with Gasteiger partial charge in [-0.25, -0.2) is 4.39 Å². The number of hydrogen-bond donors (Lipinski definition) is 2. The summed E-state index contributed by atoms with van der Waals surface area (Å²) in [6, 6.07) is 7.15. The summed E-state index contributed by atoms with van der Waals surface area (Å²) in [5, 5.41) is 12.9. The number of carbonyl (C=O) groups is 1. The summed E-state index contributed by atoms with van der Waals surface area (Å²) in [7, 11) is 0. The minimum Gasteiger partial charge on any atom is -0.490 e. The van der Waals surface area contributed by atoms with Gasteiger partial charge in [-0.1, -0.05) is 29.3 Å². The molecule has 0 bridgehead atoms. The third-order valence-corrected chi connectivity index (χ3v) is 5.53. The van der Waals surface area contributed by atoms with Gasteiger partial charge < -0.3 is 19.9 Å². The van der Waals surface area contributed by atoms with Crippen molar-refractivity contribution in [1.82, 2.24) is 5.32 Å². The van der Waals surface area contributed by atoms with Crippen molar-refractivity contribution >= 4 is 40.9 Å². The van der Waals surface area contributed by atoms with E-state index in [0.29, 0.717) is 25.3 Å². The van der Waals surface area contributed by atoms with Gasteiger partial charge in [0.25, 0.3) is 0 Å². The molecule has 0 saturated carbocycles. The van der Waals surface area contributed by atoms with Crippen molar-refractivity contribution in [2.75, 3.05) is 18.6 Å². The van der Waals surface area contributed by atoms with Crippen LogP contribution in [0.15, 0.2) is 30.3 Å². The normalized spacial score (nSPS) is 11.9. The smallest absolute Gasteiger partial charge is 0.320 e. The molecule has 0 aromatic heterocycles. The van der Waals surface area contributed by atoms with Crippen LogP contribution < -0.4 is 14.8 Å². The molecular formula is C21H24Cl2FNO4S. The van der Waals surface area contributed by atoms with Crippen LogP contribution in [0.25, 0.3) is 0 Å². The summed E-state index contributed by atoms with van der Waals surface area (Å²) >= 11 is 14.0. The van der Waals surface area contributed by atoms with Crippen molar-refractivity contribution in [3.05, 3.63) is 57.3 Å². The fourth-order valence-electron chi connectivity index (χ4n) is 2.73. The fraction of sp³-hybridized carbons (Fsp3) is 0.381. The predicted molar refractivity (Wildman–Crippen MR) is 120 cm³/mol. The number of ether oxygens (including phenoxy) is 2. The summed E-state index contributed by atoms with van der Waals surface area (Å²) in [5.74, 6) is 0.0357. The van der Waals surface area contributed by atoms with E-state index in [4.69, 9.17) is 32.7 Å². The van der Waals surface area contributed by atoms with Gasteiger partial charge in [0.2, 0.25) is 0 Å². The molecule has 0 fully saturated rings. The molecule has 0 aliphatic heterocycles. The van der Waals surface area contributed by atoms with Crippen molar-refractivity contribution in [1.29, 1.82) is 0 Å². The quantitative estimate of drug-likeness (QED) is 0.427. The second-order valence-corrected chi connectivity index (χ2v) is 8.18. The van der Waals surface area contributed by atoms with Crippen molar-refractivity contribution in [3.63, 3.8) is 0 Å². The first kappa shape index (κ1) is 24.6. The Hall–Kier alpha value is -1.67. The zero-order valence-corrected chi connectivity index (χ0v) is 19.0. The highest BCUT2D eigenvalue weighted by molar-refractivity contribution is 7.98. The third kappa shape index (κ3) is 6.94. The van der Waals surface area contributed by atoms with E-state index in [-0.39, 0.29) is 28.0 Å². The minimum absolute atomic E-state index is 0.112. The van der Waals surface area contributed by atoms with Crippen LogP contribution in [0.5, 0.6) is 11.5 Å². The fourth-order valence-corrected chi connectivity index (χ4v) is 3.71. The monoisotopic (exact) mass is 475 g/mol. The maximum atomic E-state index is 14.0. The standard InChI is InChI=1S/C21H24Cl2FNO4S/c1-3-28-19-10-13(11-25-18(21(26)27)7-8-30-2)9-16(23)20(19)29-12-14-15(22)5-4-6-17(14)24/h4-6,9-10,18,25H,3,7-8,11-12H2,1-2H3,(H,26,27). The average molecular weight is 476 g/mol. The summed E-state index contributed by atoms with van der Waals surface area (Å²) in [5.41, 5.74) is 0.969. The first-order valence-corrected chi connectivity index (χ1v) is 11.5. The molecule has 2 rings (SSSR count). The van der Waals surface area contributed by atoms with Crippen LogP contribution in [0, 0.1) is 5.82 Å². The number of carboxylic acids is 1. The molecule has 1 unspecified atom stereocenters. The molecule has 0 radical (unpaired) electrons. The molecule has 0 heterocycles. The Labute approximate surface area is 189 Å². The number of hydrogen-bond acceptors (Lipinski definition) is 5. The van der Waals surface area contributed by atoms with Crippen LogP contribution in [-0.2, 0) is 17.9 Å². The van der Waals surface area contributed by atoms with Crippen LogP contribution in [-0.4, -0.2) is 35.7 Å². The number of nitrogens with one attached hydrogen (secondary N) is 1. The Morgan fingerprint density at radius 3 is 2.67 bits per heavy atom. The number of thioether (sulfide) groups is 1. The van der Waals surface area contributed by atoms with Crippen LogP contribution in [0.2, 0.25) is 10.0 Å². The van der Waals surface area contributed by atoms with Gasteiger partial charge in [0.05, 0.1) is 16.7 Å². The second-order valence-electron chi connectivity index (χ2n) is 6.38. The number of aliphatic carboxylic acids is 1. The van der Waals surface area contributed by atoms with Crippen molar-refractivity contribution in [2.45, 2.75) is 32.5 Å². The van der Waals surface area contributed by atoms with Gasteiger partial charge in [0.15, 0.2) is 11.5 Å². The Bertz CT molecular complexity index is 849. The van der Waals surface area contributed by atoms with Crippen LogP contribution >= 0.6 is 35.0 Å². The van der Waals surface area contributed by atoms with E-state index in [2.05, 4.69) is 5.32 Å². The molecule has 2 aromatic rings. The zero-order chi connectivity index (χ0) is 22.1. The molecule has 0 aliphatic rings. The van der Waals surface area contributed by atoms with E-state index in [1.165, 1.54) is 12.1 Å². The lowest BCUT2D eigenvalue weighted by atomic mass is 10.1. The predicted octanol–water partition coefficient (Wildman–Crippen LogP) is 5.41. The van der Waals surface area contributed by atoms with Gasteiger partial charge in [0.1, 0.15) is 18.5 Å². The van der Waals surface area contributed by atoms with E-state index >= 15 is 0 Å². The molecule has 9 heteroatoms. The van der Waals surface area contributed by atoms with Crippen molar-refractivity contribution < 1.29 is 23.8 Å². The SMILES string of the molecule is CCOc1cc(CNC(CCSC)C(=O)O)cc(Cl)c1OCc1c(F)cccc1Cl.